The molecule has 0 aromatic rings. The molecular weight excluding hydrogens is 200 g/mol. The van der Waals surface area contributed by atoms with Crippen LogP contribution in [0.3, 0.4) is 0 Å². The Balaban J connectivity index is 1.62. The molecule has 2 fully saturated rings. The number of piperidine rings is 1. The molecule has 2 rings (SSSR count). The summed E-state index contributed by atoms with van der Waals surface area (Å²) in [5, 5.41) is 3.58. The molecule has 0 bridgehead atoms. The van der Waals surface area contributed by atoms with Gasteiger partial charge < -0.3 is 15.0 Å². The molecule has 0 aromatic carbocycles. The van der Waals surface area contributed by atoms with Crippen molar-refractivity contribution in [3.63, 3.8) is 0 Å². The van der Waals surface area contributed by atoms with Gasteiger partial charge in [0.1, 0.15) is 0 Å². The highest BCUT2D eigenvalue weighted by Gasteiger charge is 2.26. The first kappa shape index (κ1) is 12.3. The van der Waals surface area contributed by atoms with Gasteiger partial charge in [-0.1, -0.05) is 12.8 Å². The van der Waals surface area contributed by atoms with Crippen molar-refractivity contribution in [1.82, 2.24) is 10.2 Å². The van der Waals surface area contributed by atoms with Gasteiger partial charge >= 0.3 is 0 Å². The van der Waals surface area contributed by atoms with Crippen molar-refractivity contribution in [1.29, 1.82) is 0 Å². The number of rotatable bonds is 5. The molecule has 0 aromatic heterocycles. The van der Waals surface area contributed by atoms with E-state index in [1.54, 1.807) is 7.11 Å². The van der Waals surface area contributed by atoms with Crippen LogP contribution in [0.25, 0.3) is 0 Å². The van der Waals surface area contributed by atoms with Crippen molar-refractivity contribution in [2.45, 2.75) is 50.6 Å². The molecule has 1 N–H and O–H groups in total. The molecule has 94 valence electrons. The fourth-order valence-electron chi connectivity index (χ4n) is 3.10. The van der Waals surface area contributed by atoms with Gasteiger partial charge in [-0.2, -0.15) is 0 Å². The van der Waals surface area contributed by atoms with Crippen LogP contribution in [0.15, 0.2) is 0 Å². The van der Waals surface area contributed by atoms with Crippen LogP contribution in [0.4, 0.5) is 0 Å². The van der Waals surface area contributed by atoms with Gasteiger partial charge in [0.2, 0.25) is 0 Å². The van der Waals surface area contributed by atoms with Crippen molar-refractivity contribution in [3.05, 3.63) is 0 Å². The molecule has 1 heterocycles. The van der Waals surface area contributed by atoms with Crippen molar-refractivity contribution in [2.24, 2.45) is 0 Å². The van der Waals surface area contributed by atoms with Crippen LogP contribution in [-0.2, 0) is 4.74 Å². The first-order valence-corrected chi connectivity index (χ1v) is 6.86. The molecule has 3 heteroatoms. The zero-order valence-corrected chi connectivity index (χ0v) is 10.6. The molecule has 0 radical (unpaired) electrons. The van der Waals surface area contributed by atoms with E-state index in [0.29, 0.717) is 0 Å². The topological polar surface area (TPSA) is 24.5 Å². The molecule has 0 unspecified atom stereocenters. The molecule has 2 aliphatic rings. The van der Waals surface area contributed by atoms with Gasteiger partial charge in [0.15, 0.2) is 0 Å². The standard InChI is InChI=1S/C13H26N2O/c1-16-11-8-14-12-6-9-15(10-7-12)13-4-2-3-5-13/h12-14H,2-11H2,1H3. The van der Waals surface area contributed by atoms with Gasteiger partial charge in [0, 0.05) is 25.7 Å². The number of hydrogen-bond donors (Lipinski definition) is 1. The number of nitrogens with one attached hydrogen (secondary N) is 1. The summed E-state index contributed by atoms with van der Waals surface area (Å²) in [6.07, 6.45) is 8.44. The maximum Gasteiger partial charge on any atom is 0.0587 e. The Morgan fingerprint density at radius 3 is 2.44 bits per heavy atom. The Labute approximate surface area is 99.5 Å². The first-order valence-electron chi connectivity index (χ1n) is 6.86. The Morgan fingerprint density at radius 1 is 1.12 bits per heavy atom. The average molecular weight is 226 g/mol. The summed E-state index contributed by atoms with van der Waals surface area (Å²) < 4.78 is 5.06. The second kappa shape index (κ2) is 6.58. The zero-order valence-electron chi connectivity index (χ0n) is 10.6. The van der Waals surface area contributed by atoms with Gasteiger partial charge in [-0.25, -0.2) is 0 Å². The average Bonchev–Trinajstić information content (AvgIpc) is 2.84. The highest BCUT2D eigenvalue weighted by molar-refractivity contribution is 4.83. The van der Waals surface area contributed by atoms with Crippen LogP contribution < -0.4 is 5.32 Å². The molecule has 1 saturated carbocycles. The lowest BCUT2D eigenvalue weighted by atomic mass is 10.0. The number of hydrogen-bond acceptors (Lipinski definition) is 3. The van der Waals surface area contributed by atoms with Gasteiger partial charge in [-0.05, 0) is 38.8 Å². The van der Waals surface area contributed by atoms with Crippen LogP contribution in [0.1, 0.15) is 38.5 Å². The second-order valence-electron chi connectivity index (χ2n) is 5.20. The molecule has 0 spiro atoms. The number of ether oxygens (including phenoxy) is 1. The Hall–Kier alpha value is -0.120. The smallest absolute Gasteiger partial charge is 0.0587 e. The summed E-state index contributed by atoms with van der Waals surface area (Å²) in [6.45, 7) is 4.44. The summed E-state index contributed by atoms with van der Waals surface area (Å²) in [5.74, 6) is 0. The third-order valence-electron chi connectivity index (χ3n) is 4.11. The molecule has 3 nitrogen and oxygen atoms in total. The van der Waals surface area contributed by atoms with E-state index in [9.17, 15) is 0 Å². The Morgan fingerprint density at radius 2 is 1.81 bits per heavy atom. The van der Waals surface area contributed by atoms with Crippen molar-refractivity contribution >= 4 is 0 Å². The summed E-state index contributed by atoms with van der Waals surface area (Å²) in [4.78, 5) is 2.72. The predicted octanol–water partition coefficient (Wildman–Crippen LogP) is 1.63. The number of nitrogens with zero attached hydrogens (tertiary/aromatic N) is 1. The molecule has 0 atom stereocenters. The molecular formula is C13H26N2O. The van der Waals surface area contributed by atoms with Crippen LogP contribution >= 0.6 is 0 Å². The molecule has 1 aliphatic heterocycles. The minimum absolute atomic E-state index is 0.729. The minimum Gasteiger partial charge on any atom is -0.383 e. The third kappa shape index (κ3) is 3.44. The van der Waals surface area contributed by atoms with E-state index in [1.807, 2.05) is 0 Å². The summed E-state index contributed by atoms with van der Waals surface area (Å²) in [6, 6.07) is 1.65. The largest absolute Gasteiger partial charge is 0.383 e. The van der Waals surface area contributed by atoms with E-state index >= 15 is 0 Å². The summed E-state index contributed by atoms with van der Waals surface area (Å²) in [5.41, 5.74) is 0. The van der Waals surface area contributed by atoms with Crippen LogP contribution in [-0.4, -0.2) is 50.3 Å². The van der Waals surface area contributed by atoms with Crippen LogP contribution in [0.5, 0.6) is 0 Å². The van der Waals surface area contributed by atoms with E-state index in [4.69, 9.17) is 4.74 Å². The maximum absolute atomic E-state index is 5.06. The Bertz CT molecular complexity index is 184. The van der Waals surface area contributed by atoms with Gasteiger partial charge in [0.05, 0.1) is 6.61 Å². The highest BCUT2D eigenvalue weighted by atomic mass is 16.5. The quantitative estimate of drug-likeness (QED) is 0.721. The van der Waals surface area contributed by atoms with Crippen LogP contribution in [0, 0.1) is 0 Å². The number of likely N-dealkylation sites (tertiary alicyclic amines) is 1. The predicted molar refractivity (Wildman–Crippen MR) is 66.7 cm³/mol. The molecule has 16 heavy (non-hydrogen) atoms. The van der Waals surface area contributed by atoms with Gasteiger partial charge in [-0.3, -0.25) is 0 Å². The Kier molecular flexibility index (Phi) is 5.07. The SMILES string of the molecule is COCCNC1CCN(C2CCCC2)CC1. The van der Waals surface area contributed by atoms with E-state index in [1.165, 1.54) is 51.6 Å². The monoisotopic (exact) mass is 226 g/mol. The van der Waals surface area contributed by atoms with Crippen molar-refractivity contribution in [2.75, 3.05) is 33.4 Å². The van der Waals surface area contributed by atoms with Crippen molar-refractivity contribution < 1.29 is 4.74 Å². The van der Waals surface area contributed by atoms with Gasteiger partial charge in [-0.15, -0.1) is 0 Å². The lowest BCUT2D eigenvalue weighted by Crippen LogP contribution is -2.46. The van der Waals surface area contributed by atoms with Gasteiger partial charge in [0.25, 0.3) is 0 Å². The summed E-state index contributed by atoms with van der Waals surface area (Å²) in [7, 11) is 1.77. The lowest BCUT2D eigenvalue weighted by Gasteiger charge is -2.36. The van der Waals surface area contributed by atoms with E-state index in [2.05, 4.69) is 10.2 Å². The fraction of sp³-hybridized carbons (Fsp3) is 1.00. The molecule has 0 amide bonds. The molecule has 1 aliphatic carbocycles. The fourth-order valence-corrected chi connectivity index (χ4v) is 3.10. The minimum atomic E-state index is 0.729. The van der Waals surface area contributed by atoms with E-state index < -0.39 is 0 Å². The lowest BCUT2D eigenvalue weighted by molar-refractivity contribution is 0.138. The second-order valence-corrected chi connectivity index (χ2v) is 5.20. The zero-order chi connectivity index (χ0) is 11.2. The normalized spacial score (nSPS) is 25.3. The van der Waals surface area contributed by atoms with Crippen molar-refractivity contribution in [3.8, 4) is 0 Å². The first-order chi connectivity index (χ1) is 7.90. The maximum atomic E-state index is 5.06. The summed E-state index contributed by atoms with van der Waals surface area (Å²) >= 11 is 0. The van der Waals surface area contributed by atoms with E-state index in [-0.39, 0.29) is 0 Å². The highest BCUT2D eigenvalue weighted by Crippen LogP contribution is 2.25. The molecule has 1 saturated heterocycles. The van der Waals surface area contributed by atoms with E-state index in [0.717, 1.165) is 25.2 Å². The number of methoxy groups -OCH3 is 1. The van der Waals surface area contributed by atoms with Crippen LogP contribution in [0.2, 0.25) is 0 Å². The third-order valence-corrected chi connectivity index (χ3v) is 4.11.